The number of aromatic hydroxyl groups is 1. The molecule has 0 radical (unpaired) electrons. The first-order valence-corrected chi connectivity index (χ1v) is 6.86. The van der Waals surface area contributed by atoms with E-state index < -0.39 is 0 Å². The summed E-state index contributed by atoms with van der Waals surface area (Å²) in [7, 11) is 5.54. The molecule has 1 atom stereocenters. The molecule has 1 fully saturated rings. The average molecular weight is 278 g/mol. The van der Waals surface area contributed by atoms with Gasteiger partial charge in [-0.25, -0.2) is 0 Å². The first kappa shape index (κ1) is 14.7. The SMILES string of the molecule is COc1cccc(C(=O)N2CCCC(N(C)C)C2)c1O. The molecule has 0 spiro atoms. The van der Waals surface area contributed by atoms with E-state index in [-0.39, 0.29) is 11.7 Å². The van der Waals surface area contributed by atoms with Gasteiger partial charge in [0.1, 0.15) is 0 Å². The van der Waals surface area contributed by atoms with Crippen LogP contribution in [0.4, 0.5) is 0 Å². The number of rotatable bonds is 3. The van der Waals surface area contributed by atoms with Crippen molar-refractivity contribution in [3.63, 3.8) is 0 Å². The molecule has 1 N–H and O–H groups in total. The fraction of sp³-hybridized carbons (Fsp3) is 0.533. The maximum Gasteiger partial charge on any atom is 0.257 e. The highest BCUT2D eigenvalue weighted by Crippen LogP contribution is 2.30. The van der Waals surface area contributed by atoms with Crippen LogP contribution in [-0.4, -0.2) is 61.2 Å². The highest BCUT2D eigenvalue weighted by molar-refractivity contribution is 5.97. The summed E-state index contributed by atoms with van der Waals surface area (Å²) in [5.74, 6) is 0.122. The van der Waals surface area contributed by atoms with Crippen LogP contribution in [0.25, 0.3) is 0 Å². The topological polar surface area (TPSA) is 53.0 Å². The Morgan fingerprint density at radius 3 is 2.85 bits per heavy atom. The quantitative estimate of drug-likeness (QED) is 0.912. The third kappa shape index (κ3) is 2.88. The van der Waals surface area contributed by atoms with Gasteiger partial charge in [0, 0.05) is 19.1 Å². The van der Waals surface area contributed by atoms with Gasteiger partial charge in [0.15, 0.2) is 11.5 Å². The van der Waals surface area contributed by atoms with Crippen LogP contribution in [0.15, 0.2) is 18.2 Å². The minimum atomic E-state index is -0.132. The number of para-hydroxylation sites is 1. The maximum atomic E-state index is 12.5. The highest BCUT2D eigenvalue weighted by Gasteiger charge is 2.27. The normalized spacial score (nSPS) is 19.2. The second-order valence-electron chi connectivity index (χ2n) is 5.37. The zero-order valence-corrected chi connectivity index (χ0v) is 12.3. The number of nitrogens with zero attached hydrogens (tertiary/aromatic N) is 2. The summed E-state index contributed by atoms with van der Waals surface area (Å²) >= 11 is 0. The monoisotopic (exact) mass is 278 g/mol. The number of hydrogen-bond acceptors (Lipinski definition) is 4. The van der Waals surface area contributed by atoms with Gasteiger partial charge in [-0.05, 0) is 39.1 Å². The van der Waals surface area contributed by atoms with E-state index in [1.54, 1.807) is 18.2 Å². The van der Waals surface area contributed by atoms with Crippen LogP contribution >= 0.6 is 0 Å². The number of phenolic OH excluding ortho intramolecular Hbond substituents is 1. The Balaban J connectivity index is 2.19. The van der Waals surface area contributed by atoms with E-state index in [0.717, 1.165) is 19.4 Å². The van der Waals surface area contributed by atoms with E-state index >= 15 is 0 Å². The Morgan fingerprint density at radius 2 is 2.20 bits per heavy atom. The van der Waals surface area contributed by atoms with Crippen molar-refractivity contribution in [1.82, 2.24) is 9.80 Å². The van der Waals surface area contributed by atoms with Crippen LogP contribution in [0.5, 0.6) is 11.5 Å². The summed E-state index contributed by atoms with van der Waals surface area (Å²) in [5, 5.41) is 10.1. The lowest BCUT2D eigenvalue weighted by molar-refractivity contribution is 0.0631. The van der Waals surface area contributed by atoms with Crippen LogP contribution in [-0.2, 0) is 0 Å². The van der Waals surface area contributed by atoms with Crippen LogP contribution in [0, 0.1) is 0 Å². The summed E-state index contributed by atoms with van der Waals surface area (Å²) in [6.07, 6.45) is 2.08. The van der Waals surface area contributed by atoms with Gasteiger partial charge in [-0.15, -0.1) is 0 Å². The number of methoxy groups -OCH3 is 1. The summed E-state index contributed by atoms with van der Waals surface area (Å²) in [6.45, 7) is 1.43. The van der Waals surface area contributed by atoms with Gasteiger partial charge in [-0.2, -0.15) is 0 Å². The zero-order valence-electron chi connectivity index (χ0n) is 12.3. The Morgan fingerprint density at radius 1 is 1.45 bits per heavy atom. The van der Waals surface area contributed by atoms with Crippen molar-refractivity contribution in [2.75, 3.05) is 34.3 Å². The Bertz CT molecular complexity index is 488. The number of ether oxygens (including phenoxy) is 1. The molecule has 1 aliphatic heterocycles. The van der Waals surface area contributed by atoms with Crippen LogP contribution in [0.3, 0.4) is 0 Å². The molecule has 5 heteroatoms. The number of phenols is 1. The molecule has 1 amide bonds. The summed E-state index contributed by atoms with van der Waals surface area (Å²) in [6, 6.07) is 5.38. The second kappa shape index (κ2) is 6.13. The number of carbonyl (C=O) groups is 1. The Kier molecular flexibility index (Phi) is 4.49. The molecule has 1 saturated heterocycles. The second-order valence-corrected chi connectivity index (χ2v) is 5.37. The van der Waals surface area contributed by atoms with Crippen molar-refractivity contribution in [2.45, 2.75) is 18.9 Å². The van der Waals surface area contributed by atoms with E-state index in [1.165, 1.54) is 7.11 Å². The van der Waals surface area contributed by atoms with Gasteiger partial charge < -0.3 is 19.6 Å². The molecule has 0 saturated carbocycles. The fourth-order valence-corrected chi connectivity index (χ4v) is 2.59. The number of likely N-dealkylation sites (tertiary alicyclic amines) is 1. The summed E-state index contributed by atoms with van der Waals surface area (Å²) in [4.78, 5) is 16.5. The number of carbonyl (C=O) groups excluding carboxylic acids is 1. The van der Waals surface area contributed by atoms with E-state index in [1.807, 2.05) is 19.0 Å². The van der Waals surface area contributed by atoms with Crippen molar-refractivity contribution in [3.8, 4) is 11.5 Å². The molecule has 2 rings (SSSR count). The number of amides is 1. The third-order valence-corrected chi connectivity index (χ3v) is 3.86. The summed E-state index contributed by atoms with van der Waals surface area (Å²) < 4.78 is 5.05. The van der Waals surface area contributed by atoms with Gasteiger partial charge in [0.05, 0.1) is 12.7 Å². The Labute approximate surface area is 119 Å². The zero-order chi connectivity index (χ0) is 14.7. The first-order chi connectivity index (χ1) is 9.54. The lowest BCUT2D eigenvalue weighted by atomic mass is 10.0. The minimum absolute atomic E-state index is 0.0769. The fourth-order valence-electron chi connectivity index (χ4n) is 2.59. The molecule has 0 aliphatic carbocycles. The van der Waals surface area contributed by atoms with Gasteiger partial charge >= 0.3 is 0 Å². The summed E-state index contributed by atoms with van der Waals surface area (Å²) in [5.41, 5.74) is 0.309. The van der Waals surface area contributed by atoms with E-state index in [2.05, 4.69) is 4.90 Å². The van der Waals surface area contributed by atoms with Crippen molar-refractivity contribution < 1.29 is 14.6 Å². The predicted molar refractivity (Wildman–Crippen MR) is 77.3 cm³/mol. The van der Waals surface area contributed by atoms with E-state index in [0.29, 0.717) is 23.9 Å². The molecule has 0 bridgehead atoms. The number of benzene rings is 1. The van der Waals surface area contributed by atoms with Crippen molar-refractivity contribution in [3.05, 3.63) is 23.8 Å². The smallest absolute Gasteiger partial charge is 0.257 e. The first-order valence-electron chi connectivity index (χ1n) is 6.86. The molecule has 20 heavy (non-hydrogen) atoms. The molecule has 110 valence electrons. The lowest BCUT2D eigenvalue weighted by Crippen LogP contribution is -2.47. The van der Waals surface area contributed by atoms with E-state index in [9.17, 15) is 9.90 Å². The maximum absolute atomic E-state index is 12.5. The van der Waals surface area contributed by atoms with Crippen molar-refractivity contribution in [1.29, 1.82) is 0 Å². The molecule has 1 unspecified atom stereocenters. The molecular weight excluding hydrogens is 256 g/mol. The molecule has 1 aromatic carbocycles. The third-order valence-electron chi connectivity index (χ3n) is 3.86. The molecule has 1 aliphatic rings. The number of piperidine rings is 1. The Hall–Kier alpha value is -1.75. The molecule has 0 aromatic heterocycles. The standard InChI is InChI=1S/C15H22N2O3/c1-16(2)11-6-5-9-17(10-11)15(19)12-7-4-8-13(20-3)14(12)18/h4,7-8,11,18H,5-6,9-10H2,1-3H3. The molecule has 1 heterocycles. The molecular formula is C15H22N2O3. The van der Waals surface area contributed by atoms with Crippen molar-refractivity contribution >= 4 is 5.91 Å². The van der Waals surface area contributed by atoms with Gasteiger partial charge in [-0.1, -0.05) is 6.07 Å². The largest absolute Gasteiger partial charge is 0.504 e. The number of hydrogen-bond donors (Lipinski definition) is 1. The van der Waals surface area contributed by atoms with Gasteiger partial charge in [0.25, 0.3) is 5.91 Å². The minimum Gasteiger partial charge on any atom is -0.504 e. The number of likely N-dealkylation sites (N-methyl/N-ethyl adjacent to an activating group) is 1. The van der Waals surface area contributed by atoms with Gasteiger partial charge in [0.2, 0.25) is 0 Å². The van der Waals surface area contributed by atoms with Crippen LogP contribution < -0.4 is 4.74 Å². The average Bonchev–Trinajstić information content (AvgIpc) is 2.47. The predicted octanol–water partition coefficient (Wildman–Crippen LogP) is 1.57. The highest BCUT2D eigenvalue weighted by atomic mass is 16.5. The van der Waals surface area contributed by atoms with Crippen LogP contribution in [0.1, 0.15) is 23.2 Å². The van der Waals surface area contributed by atoms with E-state index in [4.69, 9.17) is 4.74 Å². The molecule has 5 nitrogen and oxygen atoms in total. The van der Waals surface area contributed by atoms with Crippen LogP contribution in [0.2, 0.25) is 0 Å². The van der Waals surface area contributed by atoms with Crippen molar-refractivity contribution in [2.24, 2.45) is 0 Å². The van der Waals surface area contributed by atoms with Gasteiger partial charge in [-0.3, -0.25) is 4.79 Å². The lowest BCUT2D eigenvalue weighted by Gasteiger charge is -2.36. The molecule has 1 aromatic rings.